The molecule has 0 fully saturated rings. The highest BCUT2D eigenvalue weighted by molar-refractivity contribution is 7.89. The summed E-state index contributed by atoms with van der Waals surface area (Å²) >= 11 is 0. The lowest BCUT2D eigenvalue weighted by molar-refractivity contribution is -0.384. The highest BCUT2D eigenvalue weighted by Gasteiger charge is 2.11. The van der Waals surface area contributed by atoms with Crippen molar-refractivity contribution in [2.24, 2.45) is 0 Å². The van der Waals surface area contributed by atoms with Gasteiger partial charge >= 0.3 is 5.97 Å². The molecule has 0 atom stereocenters. The zero-order valence-electron chi connectivity index (χ0n) is 10.5. The van der Waals surface area contributed by atoms with Crippen LogP contribution in [0.4, 0.5) is 5.69 Å². The lowest BCUT2D eigenvalue weighted by Crippen LogP contribution is -2.29. The highest BCUT2D eigenvalue weighted by Crippen LogP contribution is 2.12. The molecule has 0 spiro atoms. The topological polar surface area (TPSA) is 127 Å². The van der Waals surface area contributed by atoms with Crippen LogP contribution in [0.15, 0.2) is 24.3 Å². The van der Waals surface area contributed by atoms with Gasteiger partial charge in [0.15, 0.2) is 0 Å². The van der Waals surface area contributed by atoms with Gasteiger partial charge in [0.05, 0.1) is 17.1 Å². The van der Waals surface area contributed by atoms with E-state index in [9.17, 15) is 23.3 Å². The molecule has 0 bridgehead atoms. The Hall–Kier alpha value is -2.00. The molecule has 110 valence electrons. The Morgan fingerprint density at radius 1 is 1.30 bits per heavy atom. The third kappa shape index (κ3) is 5.76. The van der Waals surface area contributed by atoms with Crippen molar-refractivity contribution >= 4 is 21.7 Å². The molecule has 0 amide bonds. The van der Waals surface area contributed by atoms with Gasteiger partial charge in [-0.25, -0.2) is 13.1 Å². The van der Waals surface area contributed by atoms with Crippen LogP contribution in [-0.4, -0.2) is 36.7 Å². The Labute approximate surface area is 115 Å². The fourth-order valence-electron chi connectivity index (χ4n) is 1.42. The van der Waals surface area contributed by atoms with Crippen LogP contribution in [0, 0.1) is 10.1 Å². The van der Waals surface area contributed by atoms with Gasteiger partial charge in [0.25, 0.3) is 5.69 Å². The quantitative estimate of drug-likeness (QED) is 0.532. The largest absolute Gasteiger partial charge is 0.481 e. The van der Waals surface area contributed by atoms with Crippen LogP contribution in [0.25, 0.3) is 0 Å². The molecule has 9 heteroatoms. The fraction of sp³-hybridized carbons (Fsp3) is 0.364. The van der Waals surface area contributed by atoms with Crippen LogP contribution >= 0.6 is 0 Å². The number of nitro benzene ring substituents is 1. The molecular formula is C11H14N2O6S. The minimum absolute atomic E-state index is 0.0591. The Bertz CT molecular complexity index is 581. The van der Waals surface area contributed by atoms with E-state index < -0.39 is 20.9 Å². The number of nitro groups is 1. The van der Waals surface area contributed by atoms with Gasteiger partial charge in [-0.15, -0.1) is 0 Å². The normalized spacial score (nSPS) is 11.2. The van der Waals surface area contributed by atoms with Gasteiger partial charge < -0.3 is 5.11 Å². The van der Waals surface area contributed by atoms with Crippen LogP contribution in [0.3, 0.4) is 0 Å². The predicted molar refractivity (Wildman–Crippen MR) is 70.8 cm³/mol. The summed E-state index contributed by atoms with van der Waals surface area (Å²) in [6.07, 6.45) is -0.0862. The zero-order valence-corrected chi connectivity index (χ0v) is 11.3. The van der Waals surface area contributed by atoms with E-state index in [1.165, 1.54) is 24.3 Å². The number of sulfonamides is 1. The lowest BCUT2D eigenvalue weighted by atomic mass is 10.1. The van der Waals surface area contributed by atoms with E-state index >= 15 is 0 Å². The number of rotatable bonds is 8. The number of aliphatic carboxylic acids is 1. The average molecular weight is 302 g/mol. The second kappa shape index (κ2) is 6.96. The number of non-ortho nitro benzene ring substituents is 1. The first-order chi connectivity index (χ1) is 9.30. The van der Waals surface area contributed by atoms with Crippen molar-refractivity contribution in [3.05, 3.63) is 39.9 Å². The molecule has 8 nitrogen and oxygen atoms in total. The van der Waals surface area contributed by atoms with Gasteiger partial charge in [-0.05, 0) is 12.0 Å². The van der Waals surface area contributed by atoms with Crippen molar-refractivity contribution < 1.29 is 23.2 Å². The van der Waals surface area contributed by atoms with E-state index in [-0.39, 0.29) is 30.8 Å². The van der Waals surface area contributed by atoms with Crippen molar-refractivity contribution in [2.45, 2.75) is 12.8 Å². The minimum Gasteiger partial charge on any atom is -0.481 e. The number of aryl methyl sites for hydroxylation is 1. The number of carboxylic acid groups (broad SMARTS) is 1. The molecular weight excluding hydrogens is 288 g/mol. The summed E-state index contributed by atoms with van der Waals surface area (Å²) in [5.41, 5.74) is 0.593. The molecule has 1 rings (SSSR count). The number of carbonyl (C=O) groups is 1. The smallest absolute Gasteiger partial charge is 0.304 e. The maximum absolute atomic E-state index is 11.5. The van der Waals surface area contributed by atoms with Gasteiger partial charge in [0.1, 0.15) is 0 Å². The van der Waals surface area contributed by atoms with Gasteiger partial charge in [-0.2, -0.15) is 0 Å². The Kier molecular flexibility index (Phi) is 5.59. The Morgan fingerprint density at radius 3 is 2.40 bits per heavy atom. The average Bonchev–Trinajstić information content (AvgIpc) is 2.36. The maximum atomic E-state index is 11.5. The number of nitrogens with zero attached hydrogens (tertiary/aromatic N) is 1. The van der Waals surface area contributed by atoms with Gasteiger partial charge in [0, 0.05) is 18.7 Å². The third-order valence-corrected chi connectivity index (χ3v) is 3.85. The van der Waals surface area contributed by atoms with Crippen LogP contribution in [0.2, 0.25) is 0 Å². The van der Waals surface area contributed by atoms with E-state index in [0.29, 0.717) is 5.56 Å². The predicted octanol–water partition coefficient (Wildman–Crippen LogP) is 0.531. The zero-order chi connectivity index (χ0) is 15.2. The second-order valence-electron chi connectivity index (χ2n) is 4.03. The van der Waals surface area contributed by atoms with E-state index in [2.05, 4.69) is 4.72 Å². The summed E-state index contributed by atoms with van der Waals surface area (Å²) in [4.78, 5) is 20.2. The van der Waals surface area contributed by atoms with Crippen LogP contribution in [-0.2, 0) is 21.2 Å². The maximum Gasteiger partial charge on any atom is 0.304 e. The highest BCUT2D eigenvalue weighted by atomic mass is 32.2. The summed E-state index contributed by atoms with van der Waals surface area (Å²) < 4.78 is 25.3. The first-order valence-corrected chi connectivity index (χ1v) is 7.38. The molecule has 0 radical (unpaired) electrons. The number of carboxylic acids is 1. The number of hydrogen-bond acceptors (Lipinski definition) is 5. The number of benzene rings is 1. The molecule has 1 aromatic carbocycles. The molecule has 0 aliphatic heterocycles. The van der Waals surface area contributed by atoms with Crippen molar-refractivity contribution in [1.29, 1.82) is 0 Å². The molecule has 0 aromatic heterocycles. The van der Waals surface area contributed by atoms with Gasteiger partial charge in [0.2, 0.25) is 10.0 Å². The standard InChI is InChI=1S/C11H14N2O6S/c14-11(15)5-7-12-20(18,19)8-6-9-1-3-10(4-2-9)13(16)17/h1-4,12H,5-8H2,(H,14,15). The van der Waals surface area contributed by atoms with Crippen molar-refractivity contribution in [2.75, 3.05) is 12.3 Å². The van der Waals surface area contributed by atoms with Gasteiger partial charge in [-0.3, -0.25) is 14.9 Å². The monoisotopic (exact) mass is 302 g/mol. The minimum atomic E-state index is -3.55. The third-order valence-electron chi connectivity index (χ3n) is 2.47. The Balaban J connectivity index is 2.49. The summed E-state index contributed by atoms with van der Waals surface area (Å²) in [5, 5.41) is 18.9. The van der Waals surface area contributed by atoms with Crippen molar-refractivity contribution in [1.82, 2.24) is 4.72 Å². The van der Waals surface area contributed by atoms with Crippen molar-refractivity contribution in [3.63, 3.8) is 0 Å². The molecule has 20 heavy (non-hydrogen) atoms. The second-order valence-corrected chi connectivity index (χ2v) is 5.96. The Morgan fingerprint density at radius 2 is 1.90 bits per heavy atom. The fourth-order valence-corrected chi connectivity index (χ4v) is 2.48. The first-order valence-electron chi connectivity index (χ1n) is 5.72. The summed E-state index contributed by atoms with van der Waals surface area (Å²) in [6, 6.07) is 5.59. The molecule has 1 aromatic rings. The number of hydrogen-bond donors (Lipinski definition) is 2. The van der Waals surface area contributed by atoms with Crippen LogP contribution in [0.5, 0.6) is 0 Å². The lowest BCUT2D eigenvalue weighted by Gasteiger charge is -2.05. The van der Waals surface area contributed by atoms with E-state index in [0.717, 1.165) is 0 Å². The summed E-state index contributed by atoms with van der Waals surface area (Å²) in [7, 11) is -3.55. The molecule has 0 unspecified atom stereocenters. The first kappa shape index (κ1) is 16.1. The summed E-state index contributed by atoms with van der Waals surface area (Å²) in [5.74, 6) is -1.28. The SMILES string of the molecule is O=C(O)CCNS(=O)(=O)CCc1ccc([N+](=O)[O-])cc1. The van der Waals surface area contributed by atoms with E-state index in [1.54, 1.807) is 0 Å². The van der Waals surface area contributed by atoms with Crippen molar-refractivity contribution in [3.8, 4) is 0 Å². The molecule has 0 aliphatic carbocycles. The summed E-state index contributed by atoms with van der Waals surface area (Å²) in [6.45, 7) is -0.155. The molecule has 2 N–H and O–H groups in total. The van der Waals surface area contributed by atoms with Crippen LogP contribution < -0.4 is 4.72 Å². The van der Waals surface area contributed by atoms with Gasteiger partial charge in [-0.1, -0.05) is 12.1 Å². The molecule has 0 heterocycles. The number of nitrogens with one attached hydrogen (secondary N) is 1. The molecule has 0 saturated carbocycles. The molecule has 0 saturated heterocycles. The molecule has 0 aliphatic rings. The van der Waals surface area contributed by atoms with Crippen LogP contribution in [0.1, 0.15) is 12.0 Å². The van der Waals surface area contributed by atoms with E-state index in [4.69, 9.17) is 5.11 Å². The van der Waals surface area contributed by atoms with E-state index in [1.807, 2.05) is 0 Å².